The largest absolute Gasteiger partial charge is 0.495 e. The van der Waals surface area contributed by atoms with Crippen LogP contribution in [-0.2, 0) is 22.9 Å². The van der Waals surface area contributed by atoms with Gasteiger partial charge in [-0.05, 0) is 72.0 Å². The minimum absolute atomic E-state index is 0.0379. The van der Waals surface area contributed by atoms with Gasteiger partial charge in [0.2, 0.25) is 10.0 Å². The molecule has 1 aliphatic carbocycles. The molecule has 3 aromatic rings. The Kier molecular flexibility index (Phi) is 6.88. The number of benzene rings is 2. The molecular formula is C25H28N2O4S2. The van der Waals surface area contributed by atoms with Gasteiger partial charge in [-0.25, -0.2) is 12.7 Å². The molecule has 0 aliphatic heterocycles. The summed E-state index contributed by atoms with van der Waals surface area (Å²) in [7, 11) is 0.528. The van der Waals surface area contributed by atoms with Gasteiger partial charge >= 0.3 is 0 Å². The molecule has 0 saturated carbocycles. The van der Waals surface area contributed by atoms with Crippen LogP contribution in [0.1, 0.15) is 50.8 Å². The van der Waals surface area contributed by atoms with E-state index in [1.807, 2.05) is 17.5 Å². The first-order valence-electron chi connectivity index (χ1n) is 10.9. The predicted octanol–water partition coefficient (Wildman–Crippen LogP) is 4.41. The van der Waals surface area contributed by atoms with Crippen LogP contribution < -0.4 is 10.1 Å². The van der Waals surface area contributed by atoms with Gasteiger partial charge in [-0.3, -0.25) is 4.79 Å². The first-order chi connectivity index (χ1) is 15.8. The van der Waals surface area contributed by atoms with Crippen molar-refractivity contribution in [2.45, 2.75) is 36.6 Å². The van der Waals surface area contributed by atoms with Gasteiger partial charge in [0.1, 0.15) is 10.6 Å². The highest BCUT2D eigenvalue weighted by Gasteiger charge is 2.26. The van der Waals surface area contributed by atoms with E-state index in [9.17, 15) is 13.2 Å². The number of carbonyl (C=O) groups excluding carboxylic acids is 1. The number of hydrogen-bond donors (Lipinski definition) is 1. The highest BCUT2D eigenvalue weighted by atomic mass is 32.2. The van der Waals surface area contributed by atoms with Crippen molar-refractivity contribution in [3.63, 3.8) is 0 Å². The maximum Gasteiger partial charge on any atom is 0.252 e. The summed E-state index contributed by atoms with van der Waals surface area (Å²) in [5, 5.41) is 5.11. The van der Waals surface area contributed by atoms with Crippen molar-refractivity contribution in [2.24, 2.45) is 0 Å². The summed E-state index contributed by atoms with van der Waals surface area (Å²) in [6, 6.07) is 14.6. The second-order valence-electron chi connectivity index (χ2n) is 8.31. The second kappa shape index (κ2) is 9.67. The fourth-order valence-corrected chi connectivity index (χ4v) is 6.02. The molecule has 8 heteroatoms. The Bertz CT molecular complexity index is 1250. The normalized spacial score (nSPS) is 14.5. The SMILES string of the molecule is COc1ccc(C(=O)NC(c2ccc3c(c2)CCCC3)c2cccs2)cc1S(=O)(=O)N(C)C. The van der Waals surface area contributed by atoms with E-state index in [2.05, 4.69) is 23.5 Å². The van der Waals surface area contributed by atoms with Gasteiger partial charge in [-0.1, -0.05) is 24.3 Å². The van der Waals surface area contributed by atoms with E-state index in [-0.39, 0.29) is 28.2 Å². The van der Waals surface area contributed by atoms with Crippen LogP contribution in [0.4, 0.5) is 0 Å². The molecule has 174 valence electrons. The van der Waals surface area contributed by atoms with E-state index >= 15 is 0 Å². The molecule has 0 radical (unpaired) electrons. The molecule has 0 fully saturated rings. The average molecular weight is 485 g/mol. The third kappa shape index (κ3) is 4.83. The quantitative estimate of drug-likeness (QED) is 0.539. The van der Waals surface area contributed by atoms with Crippen molar-refractivity contribution in [1.82, 2.24) is 9.62 Å². The first-order valence-corrected chi connectivity index (χ1v) is 13.2. The summed E-state index contributed by atoms with van der Waals surface area (Å²) in [5.74, 6) is -0.145. The number of aryl methyl sites for hydroxylation is 2. The van der Waals surface area contributed by atoms with Crippen LogP contribution in [0, 0.1) is 0 Å². The molecular weight excluding hydrogens is 456 g/mol. The van der Waals surface area contributed by atoms with Gasteiger partial charge in [0.05, 0.1) is 13.2 Å². The van der Waals surface area contributed by atoms with Crippen molar-refractivity contribution >= 4 is 27.3 Å². The summed E-state index contributed by atoms with van der Waals surface area (Å²) in [5.41, 5.74) is 4.02. The number of amides is 1. The number of ether oxygens (including phenoxy) is 1. The Hall–Kier alpha value is -2.68. The highest BCUT2D eigenvalue weighted by Crippen LogP contribution is 2.31. The number of hydrogen-bond acceptors (Lipinski definition) is 5. The van der Waals surface area contributed by atoms with E-state index in [0.29, 0.717) is 0 Å². The Balaban J connectivity index is 1.69. The number of nitrogens with zero attached hydrogens (tertiary/aromatic N) is 1. The summed E-state index contributed by atoms with van der Waals surface area (Å²) in [6.07, 6.45) is 4.55. The van der Waals surface area contributed by atoms with E-state index in [0.717, 1.165) is 27.6 Å². The van der Waals surface area contributed by atoms with Crippen LogP contribution in [0.3, 0.4) is 0 Å². The number of carbonyl (C=O) groups is 1. The van der Waals surface area contributed by atoms with Crippen molar-refractivity contribution in [3.05, 3.63) is 81.0 Å². The van der Waals surface area contributed by atoms with Gasteiger partial charge in [0.15, 0.2) is 0 Å². The van der Waals surface area contributed by atoms with Crippen molar-refractivity contribution < 1.29 is 17.9 Å². The molecule has 4 rings (SSSR count). The number of methoxy groups -OCH3 is 1. The van der Waals surface area contributed by atoms with Gasteiger partial charge in [-0.15, -0.1) is 11.3 Å². The second-order valence-corrected chi connectivity index (χ2v) is 11.4. The zero-order valence-electron chi connectivity index (χ0n) is 19.0. The molecule has 1 aliphatic rings. The van der Waals surface area contributed by atoms with Crippen molar-refractivity contribution in [1.29, 1.82) is 0 Å². The number of rotatable bonds is 7. The monoisotopic (exact) mass is 484 g/mol. The molecule has 6 nitrogen and oxygen atoms in total. The predicted molar refractivity (Wildman–Crippen MR) is 131 cm³/mol. The van der Waals surface area contributed by atoms with E-state index in [1.54, 1.807) is 17.4 Å². The minimum Gasteiger partial charge on any atom is -0.495 e. The lowest BCUT2D eigenvalue weighted by Gasteiger charge is -2.22. The summed E-state index contributed by atoms with van der Waals surface area (Å²) in [4.78, 5) is 14.3. The Morgan fingerprint density at radius 2 is 1.82 bits per heavy atom. The molecule has 1 N–H and O–H groups in total. The van der Waals surface area contributed by atoms with Gasteiger partial charge in [0, 0.05) is 24.5 Å². The topological polar surface area (TPSA) is 75.7 Å². The zero-order chi connectivity index (χ0) is 23.6. The van der Waals surface area contributed by atoms with E-state index < -0.39 is 10.0 Å². The molecule has 1 aromatic heterocycles. The fourth-order valence-electron chi connectivity index (χ4n) is 4.14. The van der Waals surface area contributed by atoms with E-state index in [4.69, 9.17) is 4.74 Å². The highest BCUT2D eigenvalue weighted by molar-refractivity contribution is 7.89. The maximum absolute atomic E-state index is 13.3. The number of thiophene rings is 1. The number of sulfonamides is 1. The smallest absolute Gasteiger partial charge is 0.252 e. The van der Waals surface area contributed by atoms with Crippen molar-refractivity contribution in [2.75, 3.05) is 21.2 Å². The molecule has 33 heavy (non-hydrogen) atoms. The van der Waals surface area contributed by atoms with E-state index in [1.165, 1.54) is 57.3 Å². The summed E-state index contributed by atoms with van der Waals surface area (Å²) < 4.78 is 31.9. The first kappa shape index (κ1) is 23.5. The Morgan fingerprint density at radius 3 is 2.48 bits per heavy atom. The molecule has 2 aromatic carbocycles. The van der Waals surface area contributed by atoms with Crippen LogP contribution in [-0.4, -0.2) is 39.8 Å². The average Bonchev–Trinajstić information content (AvgIpc) is 3.36. The van der Waals surface area contributed by atoms with Gasteiger partial charge in [-0.2, -0.15) is 0 Å². The molecule has 0 spiro atoms. The summed E-state index contributed by atoms with van der Waals surface area (Å²) >= 11 is 1.58. The number of nitrogens with one attached hydrogen (secondary N) is 1. The Morgan fingerprint density at radius 1 is 1.06 bits per heavy atom. The third-order valence-electron chi connectivity index (χ3n) is 5.99. The molecule has 0 bridgehead atoms. The van der Waals surface area contributed by atoms with Crippen LogP contribution in [0.15, 0.2) is 58.8 Å². The minimum atomic E-state index is -3.78. The zero-order valence-corrected chi connectivity index (χ0v) is 20.6. The van der Waals surface area contributed by atoms with Crippen LogP contribution in [0.2, 0.25) is 0 Å². The number of fused-ring (bicyclic) bond motifs is 1. The maximum atomic E-state index is 13.3. The molecule has 0 saturated heterocycles. The molecule has 1 atom stereocenters. The third-order valence-corrected chi connectivity index (χ3v) is 8.77. The van der Waals surface area contributed by atoms with Gasteiger partial charge < -0.3 is 10.1 Å². The lowest BCUT2D eigenvalue weighted by atomic mass is 9.89. The fraction of sp³-hybridized carbons (Fsp3) is 0.320. The van der Waals surface area contributed by atoms with Crippen LogP contribution >= 0.6 is 11.3 Å². The van der Waals surface area contributed by atoms with Crippen LogP contribution in [0.25, 0.3) is 0 Å². The molecule has 1 heterocycles. The lowest BCUT2D eigenvalue weighted by molar-refractivity contribution is 0.0943. The molecule has 1 amide bonds. The standard InChI is InChI=1S/C25H28N2O4S2/c1-27(2)33(29,30)23-16-20(12-13-21(23)31-3)25(28)26-24(22-9-6-14-32-22)19-11-10-17-7-4-5-8-18(17)15-19/h6,9-16,24H,4-5,7-8H2,1-3H3,(H,26,28). The van der Waals surface area contributed by atoms with Crippen LogP contribution in [0.5, 0.6) is 5.75 Å². The Labute approximate surface area is 199 Å². The van der Waals surface area contributed by atoms with Crippen molar-refractivity contribution in [3.8, 4) is 5.75 Å². The van der Waals surface area contributed by atoms with Gasteiger partial charge in [0.25, 0.3) is 5.91 Å². The lowest BCUT2D eigenvalue weighted by Crippen LogP contribution is -2.29. The summed E-state index contributed by atoms with van der Waals surface area (Å²) in [6.45, 7) is 0. The molecule has 1 unspecified atom stereocenters.